The number of hydrogen-bond donors (Lipinski definition) is 0. The number of fused-ring (bicyclic) bond motifs is 1. The number of amides is 2. The summed E-state index contributed by atoms with van der Waals surface area (Å²) in [7, 11) is 1.66. The molecule has 0 aliphatic carbocycles. The average molecular weight is 344 g/mol. The highest BCUT2D eigenvalue weighted by atomic mass is 16.6. The van der Waals surface area contributed by atoms with Crippen molar-refractivity contribution in [2.75, 3.05) is 11.9 Å². The number of likely N-dealkylation sites (N-methyl/N-ethyl adjacent to an activating group) is 1. The van der Waals surface area contributed by atoms with Crippen molar-refractivity contribution in [1.82, 2.24) is 15.2 Å². The summed E-state index contributed by atoms with van der Waals surface area (Å²) in [6.07, 6.45) is -0.641. The van der Waals surface area contributed by atoms with Crippen molar-refractivity contribution in [2.24, 2.45) is 0 Å². The van der Waals surface area contributed by atoms with Crippen LogP contribution in [0.25, 0.3) is 0 Å². The fraction of sp³-hybridized carbons (Fsp3) is 0.412. The van der Waals surface area contributed by atoms with Gasteiger partial charge in [-0.05, 0) is 32.9 Å². The van der Waals surface area contributed by atoms with Crippen LogP contribution >= 0.6 is 0 Å². The number of benzene rings is 1. The van der Waals surface area contributed by atoms with Crippen molar-refractivity contribution in [3.05, 3.63) is 35.7 Å². The van der Waals surface area contributed by atoms with Gasteiger partial charge in [-0.3, -0.25) is 14.5 Å². The molecule has 1 aromatic heterocycles. The minimum Gasteiger partial charge on any atom is -0.479 e. The Hall–Kier alpha value is -2.90. The van der Waals surface area contributed by atoms with Crippen LogP contribution in [-0.4, -0.2) is 46.2 Å². The van der Waals surface area contributed by atoms with Crippen molar-refractivity contribution in [3.8, 4) is 5.75 Å². The van der Waals surface area contributed by atoms with Crippen LogP contribution in [0.15, 0.2) is 28.9 Å². The first-order valence-corrected chi connectivity index (χ1v) is 8.02. The summed E-state index contributed by atoms with van der Waals surface area (Å²) < 4.78 is 10.3. The molecule has 8 heteroatoms. The zero-order chi connectivity index (χ0) is 18.1. The van der Waals surface area contributed by atoms with Crippen LogP contribution in [0.3, 0.4) is 0 Å². The molecule has 0 saturated heterocycles. The molecule has 0 N–H and O–H groups in total. The van der Waals surface area contributed by atoms with Crippen molar-refractivity contribution in [1.29, 1.82) is 0 Å². The summed E-state index contributed by atoms with van der Waals surface area (Å²) in [5.41, 5.74) is 1.82. The lowest BCUT2D eigenvalue weighted by atomic mass is 10.1. The van der Waals surface area contributed by atoms with Gasteiger partial charge in [0.2, 0.25) is 5.91 Å². The molecule has 1 aromatic carbocycles. The van der Waals surface area contributed by atoms with Crippen LogP contribution in [0.4, 0.5) is 5.69 Å². The largest absolute Gasteiger partial charge is 0.479 e. The number of nitrogens with zero attached hydrogens (tertiary/aromatic N) is 4. The molecule has 0 fully saturated rings. The lowest BCUT2D eigenvalue weighted by Gasteiger charge is -2.37. The van der Waals surface area contributed by atoms with Crippen molar-refractivity contribution < 1.29 is 19.0 Å². The first-order chi connectivity index (χ1) is 11.9. The highest BCUT2D eigenvalue weighted by molar-refractivity contribution is 6.05. The van der Waals surface area contributed by atoms with Gasteiger partial charge in [0.25, 0.3) is 5.91 Å². The molecular weight excluding hydrogens is 324 g/mol. The van der Waals surface area contributed by atoms with E-state index in [4.69, 9.17) is 4.74 Å². The second-order valence-corrected chi connectivity index (χ2v) is 6.10. The molecule has 2 amide bonds. The van der Waals surface area contributed by atoms with Gasteiger partial charge in [-0.1, -0.05) is 22.4 Å². The lowest BCUT2D eigenvalue weighted by Crippen LogP contribution is -2.54. The second-order valence-electron chi connectivity index (χ2n) is 6.10. The van der Waals surface area contributed by atoms with Crippen molar-refractivity contribution in [3.63, 3.8) is 0 Å². The number of anilines is 1. The Labute approximate surface area is 145 Å². The molecule has 25 heavy (non-hydrogen) atoms. The average Bonchev–Trinajstić information content (AvgIpc) is 2.99. The number of rotatable bonds is 4. The maximum Gasteiger partial charge on any atom is 0.268 e. The number of aryl methyl sites for hydroxylation is 1. The first-order valence-electron chi connectivity index (χ1n) is 8.02. The number of carbonyl (C=O) groups excluding carboxylic acids is 2. The smallest absolute Gasteiger partial charge is 0.268 e. The summed E-state index contributed by atoms with van der Waals surface area (Å²) in [5.74, 6) is 0.139. The standard InChI is InChI=1S/C17H20N4O4/c1-10-13(19-25-18-10)9-20(4)16(22)11(2)21-14-7-5-6-8-15(14)24-12(3)17(21)23/h5-8,11-12H,9H2,1-4H3/t11-,12-/m0/s1. The molecule has 3 rings (SSSR count). The number of aromatic nitrogens is 2. The fourth-order valence-electron chi connectivity index (χ4n) is 2.84. The normalized spacial score (nSPS) is 17.7. The van der Waals surface area contributed by atoms with E-state index in [1.807, 2.05) is 12.1 Å². The highest BCUT2D eigenvalue weighted by Gasteiger charge is 2.37. The zero-order valence-corrected chi connectivity index (χ0v) is 14.6. The van der Waals surface area contributed by atoms with Crippen LogP contribution < -0.4 is 9.64 Å². The number of ether oxygens (including phenoxy) is 1. The molecule has 2 heterocycles. The molecule has 8 nitrogen and oxygen atoms in total. The minimum absolute atomic E-state index is 0.209. The zero-order valence-electron chi connectivity index (χ0n) is 14.6. The predicted molar refractivity (Wildman–Crippen MR) is 89.0 cm³/mol. The fourth-order valence-corrected chi connectivity index (χ4v) is 2.84. The molecule has 1 aliphatic rings. The number of hydrogen-bond acceptors (Lipinski definition) is 6. The lowest BCUT2D eigenvalue weighted by molar-refractivity contribution is -0.135. The van der Waals surface area contributed by atoms with Gasteiger partial charge in [-0.15, -0.1) is 0 Å². The van der Waals surface area contributed by atoms with E-state index in [0.717, 1.165) is 0 Å². The Kier molecular flexibility index (Phi) is 4.43. The summed E-state index contributed by atoms with van der Waals surface area (Å²) in [5, 5.41) is 7.50. The van der Waals surface area contributed by atoms with E-state index < -0.39 is 12.1 Å². The van der Waals surface area contributed by atoms with E-state index in [9.17, 15) is 9.59 Å². The van der Waals surface area contributed by atoms with Gasteiger partial charge in [-0.25, -0.2) is 4.63 Å². The molecule has 0 spiro atoms. The third-order valence-corrected chi connectivity index (χ3v) is 4.27. The van der Waals surface area contributed by atoms with Crippen molar-refractivity contribution in [2.45, 2.75) is 39.5 Å². The number of para-hydroxylation sites is 2. The summed E-state index contributed by atoms with van der Waals surface area (Å²) in [6, 6.07) is 6.53. The van der Waals surface area contributed by atoms with Crippen LogP contribution in [0.1, 0.15) is 25.2 Å². The van der Waals surface area contributed by atoms with Gasteiger partial charge >= 0.3 is 0 Å². The van der Waals surface area contributed by atoms with Crippen LogP contribution in [0.2, 0.25) is 0 Å². The SMILES string of the molecule is Cc1nonc1CN(C)C(=O)[C@H](C)N1C(=O)[C@H](C)Oc2ccccc21. The van der Waals surface area contributed by atoms with Gasteiger partial charge in [0, 0.05) is 7.05 Å². The van der Waals surface area contributed by atoms with E-state index in [2.05, 4.69) is 14.9 Å². The molecule has 0 bridgehead atoms. The van der Waals surface area contributed by atoms with Gasteiger partial charge < -0.3 is 9.64 Å². The van der Waals surface area contributed by atoms with Gasteiger partial charge in [0.05, 0.1) is 12.2 Å². The third-order valence-electron chi connectivity index (χ3n) is 4.27. The highest BCUT2D eigenvalue weighted by Crippen LogP contribution is 2.35. The molecular formula is C17H20N4O4. The summed E-state index contributed by atoms with van der Waals surface area (Å²) in [4.78, 5) is 28.5. The third kappa shape index (κ3) is 3.07. The minimum atomic E-state index is -0.676. The van der Waals surface area contributed by atoms with Crippen LogP contribution in [-0.2, 0) is 16.1 Å². The Morgan fingerprint density at radius 1 is 1.36 bits per heavy atom. The molecule has 0 radical (unpaired) electrons. The van der Waals surface area contributed by atoms with E-state index in [0.29, 0.717) is 22.8 Å². The van der Waals surface area contributed by atoms with Gasteiger partial charge in [0.1, 0.15) is 23.2 Å². The summed E-state index contributed by atoms with van der Waals surface area (Å²) in [6.45, 7) is 5.40. The topological polar surface area (TPSA) is 88.8 Å². The monoisotopic (exact) mass is 344 g/mol. The molecule has 0 unspecified atom stereocenters. The van der Waals surface area contributed by atoms with Crippen molar-refractivity contribution >= 4 is 17.5 Å². The Morgan fingerprint density at radius 3 is 2.76 bits per heavy atom. The Morgan fingerprint density at radius 2 is 2.08 bits per heavy atom. The predicted octanol–water partition coefficient (Wildman–Crippen LogP) is 1.54. The first kappa shape index (κ1) is 16.9. The molecule has 132 valence electrons. The number of carbonyl (C=O) groups is 2. The second kappa shape index (κ2) is 6.54. The van der Waals surface area contributed by atoms with E-state index in [1.54, 1.807) is 40.0 Å². The molecule has 1 aliphatic heterocycles. The van der Waals surface area contributed by atoms with Crippen LogP contribution in [0, 0.1) is 6.92 Å². The molecule has 2 aromatic rings. The Bertz CT molecular complexity index is 803. The quantitative estimate of drug-likeness (QED) is 0.836. The molecule has 0 saturated carbocycles. The van der Waals surface area contributed by atoms with Gasteiger partial charge in [-0.2, -0.15) is 0 Å². The molecule has 2 atom stereocenters. The van der Waals surface area contributed by atoms with E-state index in [-0.39, 0.29) is 18.4 Å². The van der Waals surface area contributed by atoms with E-state index >= 15 is 0 Å². The summed E-state index contributed by atoms with van der Waals surface area (Å²) >= 11 is 0. The maximum absolute atomic E-state index is 12.9. The maximum atomic E-state index is 12.9. The Balaban J connectivity index is 1.84. The van der Waals surface area contributed by atoms with Gasteiger partial charge in [0.15, 0.2) is 6.10 Å². The van der Waals surface area contributed by atoms with Crippen LogP contribution in [0.5, 0.6) is 5.75 Å². The van der Waals surface area contributed by atoms with E-state index in [1.165, 1.54) is 9.80 Å².